The predicted octanol–water partition coefficient (Wildman–Crippen LogP) is 6.15. The number of nitrogens with zero attached hydrogens (tertiary/aromatic N) is 3. The molecule has 2 aromatic heterocycles. The molecule has 1 amide bonds. The predicted molar refractivity (Wildman–Crippen MR) is 125 cm³/mol. The molecule has 0 saturated carbocycles. The lowest BCUT2D eigenvalue weighted by molar-refractivity contribution is 0.0997. The molecule has 7 heteroatoms. The highest BCUT2D eigenvalue weighted by molar-refractivity contribution is 6.30. The van der Waals surface area contributed by atoms with Gasteiger partial charge in [-0.1, -0.05) is 42.8 Å². The fourth-order valence-electron chi connectivity index (χ4n) is 3.42. The highest BCUT2D eigenvalue weighted by Crippen LogP contribution is 2.25. The number of anilines is 1. The van der Waals surface area contributed by atoms with Gasteiger partial charge in [-0.05, 0) is 66.6 Å². The number of furan rings is 1. The fourth-order valence-corrected chi connectivity index (χ4v) is 3.61. The van der Waals surface area contributed by atoms with E-state index in [-0.39, 0.29) is 11.7 Å². The van der Waals surface area contributed by atoms with Gasteiger partial charge in [-0.15, -0.1) is 10.2 Å². The van der Waals surface area contributed by atoms with Crippen LogP contribution in [0.2, 0.25) is 5.02 Å². The van der Waals surface area contributed by atoms with Crippen LogP contribution in [0.25, 0.3) is 28.0 Å². The monoisotopic (exact) mass is 442 g/mol. The van der Waals surface area contributed by atoms with E-state index in [0.29, 0.717) is 22.0 Å². The van der Waals surface area contributed by atoms with E-state index in [2.05, 4.69) is 34.6 Å². The van der Waals surface area contributed by atoms with Crippen molar-refractivity contribution in [3.63, 3.8) is 0 Å². The summed E-state index contributed by atoms with van der Waals surface area (Å²) in [5, 5.41) is 12.5. The summed E-state index contributed by atoms with van der Waals surface area (Å²) in [6.07, 6.45) is 0.980. The first-order valence-electron chi connectivity index (χ1n) is 10.2. The summed E-state index contributed by atoms with van der Waals surface area (Å²) in [5.74, 6) is 0.435. The van der Waals surface area contributed by atoms with Gasteiger partial charge in [0.15, 0.2) is 5.76 Å². The smallest absolute Gasteiger partial charge is 0.291 e. The molecule has 0 radical (unpaired) electrons. The molecular weight excluding hydrogens is 424 g/mol. The van der Waals surface area contributed by atoms with Crippen LogP contribution in [0.15, 0.2) is 83.3 Å². The molecule has 0 saturated heterocycles. The number of benzene rings is 3. The first-order valence-corrected chi connectivity index (χ1v) is 10.6. The summed E-state index contributed by atoms with van der Waals surface area (Å²) >= 11 is 6.04. The second kappa shape index (κ2) is 8.32. The molecule has 1 N–H and O–H groups in total. The number of nitrogens with one attached hydrogen (secondary N) is 1. The Morgan fingerprint density at radius 3 is 2.56 bits per heavy atom. The summed E-state index contributed by atoms with van der Waals surface area (Å²) in [7, 11) is 0. The first-order chi connectivity index (χ1) is 15.6. The average molecular weight is 443 g/mol. The van der Waals surface area contributed by atoms with Crippen molar-refractivity contribution in [2.45, 2.75) is 13.3 Å². The lowest BCUT2D eigenvalue weighted by Gasteiger charge is -2.03. The number of hydrogen-bond donors (Lipinski definition) is 1. The van der Waals surface area contributed by atoms with E-state index < -0.39 is 0 Å². The van der Waals surface area contributed by atoms with Crippen molar-refractivity contribution in [1.29, 1.82) is 0 Å². The van der Waals surface area contributed by atoms with Crippen LogP contribution < -0.4 is 5.32 Å². The largest absolute Gasteiger partial charge is 0.451 e. The second-order valence-corrected chi connectivity index (χ2v) is 7.78. The molecule has 32 heavy (non-hydrogen) atoms. The summed E-state index contributed by atoms with van der Waals surface area (Å²) in [5.41, 5.74) is 4.98. The van der Waals surface area contributed by atoms with Crippen LogP contribution in [0.4, 0.5) is 5.69 Å². The Labute approximate surface area is 189 Å². The highest BCUT2D eigenvalue weighted by Gasteiger charge is 2.14. The third-order valence-electron chi connectivity index (χ3n) is 5.15. The van der Waals surface area contributed by atoms with Gasteiger partial charge in [-0.25, -0.2) is 0 Å². The third-order valence-corrected chi connectivity index (χ3v) is 5.39. The Balaban J connectivity index is 1.35. The average Bonchev–Trinajstić information content (AvgIpc) is 3.46. The molecule has 0 unspecified atom stereocenters. The van der Waals surface area contributed by atoms with E-state index in [9.17, 15) is 4.79 Å². The normalized spacial score (nSPS) is 11.1. The van der Waals surface area contributed by atoms with Crippen molar-refractivity contribution < 1.29 is 9.21 Å². The van der Waals surface area contributed by atoms with Gasteiger partial charge in [0, 0.05) is 16.3 Å². The Kier molecular flexibility index (Phi) is 5.21. The number of hydrogen-bond acceptors (Lipinski definition) is 4. The van der Waals surface area contributed by atoms with Crippen LogP contribution in [0.5, 0.6) is 0 Å². The van der Waals surface area contributed by atoms with E-state index in [1.807, 2.05) is 30.3 Å². The van der Waals surface area contributed by atoms with Gasteiger partial charge in [-0.3, -0.25) is 4.79 Å². The SMILES string of the molecule is CCc1ccc(-n2nc3ccc(NC(=O)c4ccc(-c5cccc(Cl)c5)o4)cc3n2)cc1. The molecule has 0 aliphatic heterocycles. The minimum absolute atomic E-state index is 0.208. The molecule has 6 nitrogen and oxygen atoms in total. The van der Waals surface area contributed by atoms with Crippen LogP contribution in [-0.2, 0) is 6.42 Å². The summed E-state index contributed by atoms with van der Waals surface area (Å²) in [6, 6.07) is 24.2. The van der Waals surface area contributed by atoms with Crippen molar-refractivity contribution in [3.8, 4) is 17.0 Å². The number of aryl methyl sites for hydroxylation is 1. The molecule has 158 valence electrons. The quantitative estimate of drug-likeness (QED) is 0.354. The third kappa shape index (κ3) is 4.00. The zero-order valence-corrected chi connectivity index (χ0v) is 18.0. The number of carbonyl (C=O) groups is 1. The van der Waals surface area contributed by atoms with Crippen molar-refractivity contribution >= 4 is 34.2 Å². The second-order valence-electron chi connectivity index (χ2n) is 7.34. The summed E-state index contributed by atoms with van der Waals surface area (Å²) < 4.78 is 5.72. The van der Waals surface area contributed by atoms with Gasteiger partial charge in [0.05, 0.1) is 5.69 Å². The lowest BCUT2D eigenvalue weighted by atomic mass is 10.2. The molecule has 5 rings (SSSR count). The van der Waals surface area contributed by atoms with E-state index in [1.165, 1.54) is 5.56 Å². The summed E-state index contributed by atoms with van der Waals surface area (Å²) in [4.78, 5) is 14.3. The number of fused-ring (bicyclic) bond motifs is 1. The van der Waals surface area contributed by atoms with E-state index in [0.717, 1.165) is 23.2 Å². The molecule has 0 spiro atoms. The Morgan fingerprint density at radius 2 is 1.78 bits per heavy atom. The van der Waals surface area contributed by atoms with E-state index in [4.69, 9.17) is 16.0 Å². The minimum atomic E-state index is -0.347. The van der Waals surface area contributed by atoms with E-state index in [1.54, 1.807) is 41.2 Å². The topological polar surface area (TPSA) is 73.0 Å². The van der Waals surface area contributed by atoms with Gasteiger partial charge in [-0.2, -0.15) is 4.80 Å². The molecule has 3 aromatic carbocycles. The molecule has 0 fully saturated rings. The maximum atomic E-state index is 12.7. The van der Waals surface area contributed by atoms with Crippen molar-refractivity contribution in [3.05, 3.63) is 95.2 Å². The molecule has 2 heterocycles. The maximum absolute atomic E-state index is 12.7. The number of amides is 1. The lowest BCUT2D eigenvalue weighted by Crippen LogP contribution is -2.10. The minimum Gasteiger partial charge on any atom is -0.451 e. The van der Waals surface area contributed by atoms with Crippen molar-refractivity contribution in [2.24, 2.45) is 0 Å². The van der Waals surface area contributed by atoms with Gasteiger partial charge in [0.1, 0.15) is 16.8 Å². The fraction of sp³-hybridized carbons (Fsp3) is 0.0800. The van der Waals surface area contributed by atoms with Crippen LogP contribution >= 0.6 is 11.6 Å². The molecule has 5 aromatic rings. The highest BCUT2D eigenvalue weighted by atomic mass is 35.5. The van der Waals surface area contributed by atoms with Gasteiger partial charge >= 0.3 is 0 Å². The molecule has 0 bridgehead atoms. The van der Waals surface area contributed by atoms with Crippen molar-refractivity contribution in [2.75, 3.05) is 5.32 Å². The van der Waals surface area contributed by atoms with Gasteiger partial charge < -0.3 is 9.73 Å². The Hall–Kier alpha value is -3.90. The maximum Gasteiger partial charge on any atom is 0.291 e. The number of halogens is 1. The molecule has 0 aliphatic carbocycles. The standard InChI is InChI=1S/C25H19ClN4O2/c1-2-16-6-9-20(10-7-16)30-28-21-11-8-19(15-22(21)29-30)27-25(31)24-13-12-23(32-24)17-4-3-5-18(26)14-17/h3-15H,2H2,1H3,(H,27,31). The Bertz CT molecular complexity index is 1420. The Morgan fingerprint density at radius 1 is 0.969 bits per heavy atom. The molecule has 0 aliphatic rings. The molecule has 0 atom stereocenters. The zero-order chi connectivity index (χ0) is 22.1. The van der Waals surface area contributed by atoms with Crippen LogP contribution in [0, 0.1) is 0 Å². The van der Waals surface area contributed by atoms with Gasteiger partial charge in [0.2, 0.25) is 0 Å². The number of carbonyl (C=O) groups excluding carboxylic acids is 1. The zero-order valence-electron chi connectivity index (χ0n) is 17.2. The van der Waals surface area contributed by atoms with Crippen LogP contribution in [-0.4, -0.2) is 20.9 Å². The van der Waals surface area contributed by atoms with Crippen LogP contribution in [0.3, 0.4) is 0 Å². The molecular formula is C25H19ClN4O2. The van der Waals surface area contributed by atoms with Crippen molar-refractivity contribution in [1.82, 2.24) is 15.0 Å². The summed E-state index contributed by atoms with van der Waals surface area (Å²) in [6.45, 7) is 2.12. The first kappa shape index (κ1) is 20.0. The van der Waals surface area contributed by atoms with Crippen LogP contribution in [0.1, 0.15) is 23.0 Å². The number of aromatic nitrogens is 3. The van der Waals surface area contributed by atoms with E-state index >= 15 is 0 Å². The van der Waals surface area contributed by atoms with Gasteiger partial charge in [0.25, 0.3) is 5.91 Å². The number of rotatable bonds is 5.